The standard InChI is InChI=1S/C16H19ClOS/c1-11(2)10-12-4-6-13(7-5-12)15(17)16-14(18-3)8-9-19-16/h4-9,11,15H,10H2,1-3H3. The Hall–Kier alpha value is -0.990. The summed E-state index contributed by atoms with van der Waals surface area (Å²) in [5.41, 5.74) is 2.48. The second kappa shape index (κ2) is 6.44. The summed E-state index contributed by atoms with van der Waals surface area (Å²) < 4.78 is 5.33. The maximum Gasteiger partial charge on any atom is 0.134 e. The molecule has 19 heavy (non-hydrogen) atoms. The number of alkyl halides is 1. The van der Waals surface area contributed by atoms with Crippen LogP contribution in [0.1, 0.15) is 35.2 Å². The predicted octanol–water partition coefficient (Wildman–Crippen LogP) is 5.28. The average molecular weight is 295 g/mol. The molecule has 0 saturated carbocycles. The Morgan fingerprint density at radius 1 is 1.16 bits per heavy atom. The first-order valence-electron chi connectivity index (χ1n) is 6.46. The molecule has 0 N–H and O–H groups in total. The molecule has 0 aliphatic carbocycles. The summed E-state index contributed by atoms with van der Waals surface area (Å²) in [6.45, 7) is 4.46. The van der Waals surface area contributed by atoms with Gasteiger partial charge in [0.25, 0.3) is 0 Å². The van der Waals surface area contributed by atoms with Gasteiger partial charge in [0.15, 0.2) is 0 Å². The molecular formula is C16H19ClOS. The summed E-state index contributed by atoms with van der Waals surface area (Å²) in [6.07, 6.45) is 1.11. The third-order valence-electron chi connectivity index (χ3n) is 3.02. The van der Waals surface area contributed by atoms with Gasteiger partial charge in [0.05, 0.1) is 17.4 Å². The molecule has 1 aromatic heterocycles. The van der Waals surface area contributed by atoms with E-state index < -0.39 is 0 Å². The van der Waals surface area contributed by atoms with Crippen molar-refractivity contribution in [2.24, 2.45) is 5.92 Å². The van der Waals surface area contributed by atoms with Crippen LogP contribution in [0.15, 0.2) is 35.7 Å². The van der Waals surface area contributed by atoms with Gasteiger partial charge in [-0.15, -0.1) is 22.9 Å². The lowest BCUT2D eigenvalue weighted by Crippen LogP contribution is -1.96. The van der Waals surface area contributed by atoms with Gasteiger partial charge in [0.1, 0.15) is 5.75 Å². The van der Waals surface area contributed by atoms with Crippen molar-refractivity contribution < 1.29 is 4.74 Å². The molecule has 1 unspecified atom stereocenters. The number of rotatable bonds is 5. The largest absolute Gasteiger partial charge is 0.496 e. The van der Waals surface area contributed by atoms with E-state index in [4.69, 9.17) is 16.3 Å². The first kappa shape index (κ1) is 14.4. The van der Waals surface area contributed by atoms with Crippen molar-refractivity contribution in [2.75, 3.05) is 7.11 Å². The molecule has 0 radical (unpaired) electrons. The van der Waals surface area contributed by atoms with Gasteiger partial charge in [-0.05, 0) is 34.9 Å². The molecule has 0 aliphatic rings. The molecule has 0 aliphatic heterocycles. The molecule has 0 bridgehead atoms. The van der Waals surface area contributed by atoms with Crippen molar-refractivity contribution in [3.63, 3.8) is 0 Å². The Balaban J connectivity index is 2.18. The van der Waals surface area contributed by atoms with E-state index >= 15 is 0 Å². The second-order valence-corrected chi connectivity index (χ2v) is 6.44. The van der Waals surface area contributed by atoms with Gasteiger partial charge in [0.2, 0.25) is 0 Å². The van der Waals surface area contributed by atoms with Crippen LogP contribution in [0.3, 0.4) is 0 Å². The molecule has 2 aromatic rings. The minimum absolute atomic E-state index is 0.136. The van der Waals surface area contributed by atoms with Crippen molar-refractivity contribution >= 4 is 22.9 Å². The van der Waals surface area contributed by atoms with E-state index in [0.717, 1.165) is 22.6 Å². The van der Waals surface area contributed by atoms with Crippen molar-refractivity contribution in [1.82, 2.24) is 0 Å². The molecule has 0 amide bonds. The van der Waals surface area contributed by atoms with Crippen LogP contribution in [0.2, 0.25) is 0 Å². The number of ether oxygens (including phenoxy) is 1. The fourth-order valence-electron chi connectivity index (χ4n) is 2.11. The number of halogens is 1. The molecule has 1 nitrogen and oxygen atoms in total. The molecule has 0 saturated heterocycles. The summed E-state index contributed by atoms with van der Waals surface area (Å²) in [6, 6.07) is 10.5. The van der Waals surface area contributed by atoms with Crippen molar-refractivity contribution in [2.45, 2.75) is 25.6 Å². The summed E-state index contributed by atoms with van der Waals surface area (Å²) in [5.74, 6) is 1.55. The van der Waals surface area contributed by atoms with E-state index in [1.165, 1.54) is 5.56 Å². The number of hydrogen-bond acceptors (Lipinski definition) is 2. The van der Waals surface area contributed by atoms with Crippen LogP contribution in [0.4, 0.5) is 0 Å². The molecule has 2 rings (SSSR count). The molecule has 102 valence electrons. The lowest BCUT2D eigenvalue weighted by molar-refractivity contribution is 0.413. The van der Waals surface area contributed by atoms with Crippen LogP contribution in [-0.2, 0) is 6.42 Å². The van der Waals surface area contributed by atoms with Crippen LogP contribution in [0, 0.1) is 5.92 Å². The van der Waals surface area contributed by atoms with Gasteiger partial charge < -0.3 is 4.74 Å². The highest BCUT2D eigenvalue weighted by molar-refractivity contribution is 7.10. The Morgan fingerprint density at radius 3 is 2.42 bits per heavy atom. The summed E-state index contributed by atoms with van der Waals surface area (Å²) in [4.78, 5) is 1.07. The van der Waals surface area contributed by atoms with Gasteiger partial charge in [-0.2, -0.15) is 0 Å². The first-order valence-corrected chi connectivity index (χ1v) is 7.77. The molecule has 1 aromatic carbocycles. The zero-order valence-electron chi connectivity index (χ0n) is 11.5. The Bertz CT molecular complexity index is 516. The van der Waals surface area contributed by atoms with Crippen LogP contribution in [-0.4, -0.2) is 7.11 Å². The smallest absolute Gasteiger partial charge is 0.134 e. The highest BCUT2D eigenvalue weighted by atomic mass is 35.5. The molecular weight excluding hydrogens is 276 g/mol. The maximum absolute atomic E-state index is 6.55. The van der Waals surface area contributed by atoms with Gasteiger partial charge in [-0.3, -0.25) is 0 Å². The SMILES string of the molecule is COc1ccsc1C(Cl)c1ccc(CC(C)C)cc1. The van der Waals surface area contributed by atoms with Crippen LogP contribution in [0.5, 0.6) is 5.75 Å². The Labute approximate surface area is 124 Å². The van der Waals surface area contributed by atoms with Crippen LogP contribution in [0.25, 0.3) is 0 Å². The minimum Gasteiger partial charge on any atom is -0.496 e. The van der Waals surface area contributed by atoms with Crippen LogP contribution < -0.4 is 4.74 Å². The molecule has 0 spiro atoms. The summed E-state index contributed by atoms with van der Waals surface area (Å²) >= 11 is 8.18. The monoisotopic (exact) mass is 294 g/mol. The zero-order chi connectivity index (χ0) is 13.8. The van der Waals surface area contributed by atoms with E-state index in [2.05, 4.69) is 38.1 Å². The first-order chi connectivity index (χ1) is 9.11. The Morgan fingerprint density at radius 2 is 1.84 bits per heavy atom. The number of thiophene rings is 1. The second-order valence-electron chi connectivity index (χ2n) is 5.06. The van der Waals surface area contributed by atoms with E-state index in [9.17, 15) is 0 Å². The lowest BCUT2D eigenvalue weighted by atomic mass is 10.0. The summed E-state index contributed by atoms with van der Waals surface area (Å²) in [7, 11) is 1.68. The third-order valence-corrected chi connectivity index (χ3v) is 4.59. The Kier molecular flexibility index (Phi) is 4.89. The number of methoxy groups -OCH3 is 1. The fourth-order valence-corrected chi connectivity index (χ4v) is 3.38. The van der Waals surface area contributed by atoms with Gasteiger partial charge in [-0.1, -0.05) is 38.1 Å². The van der Waals surface area contributed by atoms with Crippen molar-refractivity contribution in [1.29, 1.82) is 0 Å². The summed E-state index contributed by atoms with van der Waals surface area (Å²) in [5, 5.41) is 1.87. The third kappa shape index (κ3) is 3.52. The quantitative estimate of drug-likeness (QED) is 0.681. The highest BCUT2D eigenvalue weighted by Crippen LogP contribution is 2.38. The molecule has 3 heteroatoms. The van der Waals surface area contributed by atoms with Crippen molar-refractivity contribution in [3.05, 3.63) is 51.7 Å². The lowest BCUT2D eigenvalue weighted by Gasteiger charge is -2.11. The number of benzene rings is 1. The highest BCUT2D eigenvalue weighted by Gasteiger charge is 2.17. The average Bonchev–Trinajstić information content (AvgIpc) is 2.86. The minimum atomic E-state index is -0.136. The van der Waals surface area contributed by atoms with E-state index in [0.29, 0.717) is 5.92 Å². The fraction of sp³-hybridized carbons (Fsp3) is 0.375. The molecule has 0 fully saturated rings. The van der Waals surface area contributed by atoms with E-state index in [1.807, 2.05) is 11.4 Å². The van der Waals surface area contributed by atoms with E-state index in [1.54, 1.807) is 18.4 Å². The number of hydrogen-bond donors (Lipinski definition) is 0. The topological polar surface area (TPSA) is 9.23 Å². The molecule has 1 atom stereocenters. The zero-order valence-corrected chi connectivity index (χ0v) is 13.1. The van der Waals surface area contributed by atoms with Gasteiger partial charge in [-0.25, -0.2) is 0 Å². The predicted molar refractivity (Wildman–Crippen MR) is 83.6 cm³/mol. The van der Waals surface area contributed by atoms with Crippen LogP contribution >= 0.6 is 22.9 Å². The van der Waals surface area contributed by atoms with Crippen molar-refractivity contribution in [3.8, 4) is 5.75 Å². The van der Waals surface area contributed by atoms with Gasteiger partial charge >= 0.3 is 0 Å². The molecule has 1 heterocycles. The van der Waals surface area contributed by atoms with E-state index in [-0.39, 0.29) is 5.38 Å². The normalized spacial score (nSPS) is 12.7. The maximum atomic E-state index is 6.55. The van der Waals surface area contributed by atoms with Gasteiger partial charge in [0, 0.05) is 0 Å².